The van der Waals surface area contributed by atoms with E-state index in [-0.39, 0.29) is 31.5 Å². The van der Waals surface area contributed by atoms with Crippen LogP contribution in [0.4, 0.5) is 0 Å². The fourth-order valence-corrected chi connectivity index (χ4v) is 11.7. The number of phosphoric acid groups is 1. The largest absolute Gasteiger partial charge is 0.756 e. The molecule has 0 heterocycles. The van der Waals surface area contributed by atoms with Gasteiger partial charge < -0.3 is 28.5 Å². The van der Waals surface area contributed by atoms with Crippen molar-refractivity contribution in [2.24, 2.45) is 0 Å². The van der Waals surface area contributed by atoms with Gasteiger partial charge in [0.2, 0.25) is 5.91 Å². The van der Waals surface area contributed by atoms with E-state index in [2.05, 4.69) is 74.7 Å². The number of phosphoric ester groups is 1. The molecule has 1 amide bonds. The second-order valence-corrected chi connectivity index (χ2v) is 27.9. The maximum atomic E-state index is 13.6. The van der Waals surface area contributed by atoms with Gasteiger partial charge in [-0.1, -0.05) is 332 Å². The van der Waals surface area contributed by atoms with E-state index in [1.54, 1.807) is 0 Å². The number of amides is 1. The third kappa shape index (κ3) is 66.1. The summed E-state index contributed by atoms with van der Waals surface area (Å²) in [4.78, 5) is 40.2. The second kappa shape index (κ2) is 65.7. The number of ether oxygens (including phenoxy) is 1. The predicted octanol–water partition coefficient (Wildman–Crippen LogP) is 23.1. The molecule has 10 heteroatoms. The summed E-state index contributed by atoms with van der Waals surface area (Å²) in [5, 5.41) is 3.05. The quantitative estimate of drug-likeness (QED) is 0.0212. The standard InChI is InChI=1S/C76H143N2O7P/c1-7-10-13-16-19-22-25-28-30-32-34-36-38-39-41-43-45-47-49-51-54-57-60-63-66-69-76(80)85-74(67-64-61-58-55-52-27-24-21-18-15-12-9-3)73(72-84-86(81,82)83-71-70-78(4,5)6)77-75(79)68-65-62-59-56-53-50-48-46-44-42-40-37-35-33-31-29-26-23-20-17-14-11-8-2/h19,22,28,30,34,36,39,41,64,67,73-74H,7-18,20-21,23-27,29,31-33,35,37-38,40,42-63,65-66,68-72H2,1-6H3,(H-,77,79,81,82)/b22-19-,30-28-,36-34-,41-39-,67-64+. The number of likely N-dealkylation sites (N-methyl/N-ethyl adjacent to an activating group) is 1. The Hall–Kier alpha value is -2.29. The van der Waals surface area contributed by atoms with Crippen LogP contribution in [-0.4, -0.2) is 69.4 Å². The third-order valence-electron chi connectivity index (χ3n) is 16.7. The molecule has 0 saturated carbocycles. The first-order valence-corrected chi connectivity index (χ1v) is 38.6. The normalized spacial score (nSPS) is 13.8. The van der Waals surface area contributed by atoms with Gasteiger partial charge in [-0.2, -0.15) is 0 Å². The highest BCUT2D eigenvalue weighted by molar-refractivity contribution is 7.45. The van der Waals surface area contributed by atoms with Crippen LogP contribution in [0.15, 0.2) is 60.8 Å². The van der Waals surface area contributed by atoms with Gasteiger partial charge >= 0.3 is 5.97 Å². The lowest BCUT2D eigenvalue weighted by molar-refractivity contribution is -0.870. The molecule has 0 aliphatic carbocycles. The van der Waals surface area contributed by atoms with Crippen LogP contribution in [0.1, 0.15) is 361 Å². The average molecular weight is 1230 g/mol. The molecule has 9 nitrogen and oxygen atoms in total. The fraction of sp³-hybridized carbons (Fsp3) is 0.842. The Morgan fingerprint density at radius 3 is 1.08 bits per heavy atom. The smallest absolute Gasteiger partial charge is 0.306 e. The van der Waals surface area contributed by atoms with E-state index in [0.29, 0.717) is 17.4 Å². The minimum atomic E-state index is -4.71. The summed E-state index contributed by atoms with van der Waals surface area (Å²) in [5.74, 6) is -0.532. The molecule has 86 heavy (non-hydrogen) atoms. The van der Waals surface area contributed by atoms with Crippen molar-refractivity contribution in [2.75, 3.05) is 40.9 Å². The lowest BCUT2D eigenvalue weighted by Crippen LogP contribution is -2.47. The molecule has 0 aromatic heterocycles. The van der Waals surface area contributed by atoms with E-state index in [1.165, 1.54) is 238 Å². The topological polar surface area (TPSA) is 114 Å². The molecule has 0 aliphatic rings. The van der Waals surface area contributed by atoms with Gasteiger partial charge in [0.1, 0.15) is 19.3 Å². The molecule has 0 aliphatic heterocycles. The Balaban J connectivity index is 5.02. The molecule has 0 rings (SSSR count). The summed E-state index contributed by atoms with van der Waals surface area (Å²) in [6.45, 7) is 6.87. The summed E-state index contributed by atoms with van der Waals surface area (Å²) >= 11 is 0. The predicted molar refractivity (Wildman–Crippen MR) is 372 cm³/mol. The van der Waals surface area contributed by atoms with Crippen molar-refractivity contribution in [2.45, 2.75) is 373 Å². The number of carbonyl (C=O) groups is 2. The Bertz CT molecular complexity index is 1650. The number of nitrogens with zero attached hydrogens (tertiary/aromatic N) is 1. The summed E-state index contributed by atoms with van der Waals surface area (Å²) < 4.78 is 30.5. The third-order valence-corrected chi connectivity index (χ3v) is 17.7. The van der Waals surface area contributed by atoms with Crippen molar-refractivity contribution >= 4 is 19.7 Å². The number of rotatable bonds is 68. The SMILES string of the molecule is CCCCC/C=C\C/C=C\C/C=C\C/C=C\CCCCCCCCCCCC(=O)OC(/C=C/CCCCCCCCCCCC)C(COP(=O)([O-])OCC[N+](C)(C)C)NC(=O)CCCCCCCCCCCCCCCCCCCCCCCCC. The van der Waals surface area contributed by atoms with Crippen LogP contribution in [-0.2, 0) is 27.9 Å². The molecule has 0 spiro atoms. The van der Waals surface area contributed by atoms with Crippen LogP contribution in [0, 0.1) is 0 Å². The van der Waals surface area contributed by atoms with E-state index in [9.17, 15) is 19.0 Å². The number of unbranched alkanes of at least 4 members (excludes halogenated alkanes) is 44. The molecule has 3 atom stereocenters. The van der Waals surface area contributed by atoms with Crippen molar-refractivity contribution in [1.82, 2.24) is 5.32 Å². The van der Waals surface area contributed by atoms with E-state index in [1.807, 2.05) is 33.3 Å². The Kier molecular flexibility index (Phi) is 63.9. The molecule has 0 fully saturated rings. The number of hydrogen-bond donors (Lipinski definition) is 1. The zero-order valence-electron chi connectivity index (χ0n) is 57.8. The summed E-state index contributed by atoms with van der Waals surface area (Å²) in [6.07, 6.45) is 84.9. The van der Waals surface area contributed by atoms with Crippen LogP contribution in [0.25, 0.3) is 0 Å². The first kappa shape index (κ1) is 83.7. The van der Waals surface area contributed by atoms with Crippen molar-refractivity contribution < 1.29 is 37.3 Å². The highest BCUT2D eigenvalue weighted by atomic mass is 31.2. The second-order valence-electron chi connectivity index (χ2n) is 26.5. The number of esters is 1. The maximum absolute atomic E-state index is 13.6. The minimum absolute atomic E-state index is 0.0225. The molecule has 1 N–H and O–H groups in total. The van der Waals surface area contributed by atoms with E-state index in [0.717, 1.165) is 89.9 Å². The fourth-order valence-electron chi connectivity index (χ4n) is 11.0. The van der Waals surface area contributed by atoms with Crippen molar-refractivity contribution in [3.63, 3.8) is 0 Å². The van der Waals surface area contributed by atoms with Crippen LogP contribution in [0.5, 0.6) is 0 Å². The molecule has 0 aromatic rings. The van der Waals surface area contributed by atoms with Gasteiger partial charge in [-0.05, 0) is 76.7 Å². The van der Waals surface area contributed by atoms with E-state index < -0.39 is 20.0 Å². The van der Waals surface area contributed by atoms with Gasteiger partial charge in [-0.25, -0.2) is 0 Å². The zero-order chi connectivity index (χ0) is 62.8. The van der Waals surface area contributed by atoms with Gasteiger partial charge in [0.15, 0.2) is 0 Å². The average Bonchev–Trinajstić information content (AvgIpc) is 3.65. The highest BCUT2D eigenvalue weighted by Crippen LogP contribution is 2.38. The van der Waals surface area contributed by atoms with Gasteiger partial charge in [0, 0.05) is 12.8 Å². The molecule has 0 bridgehead atoms. The monoisotopic (exact) mass is 1230 g/mol. The number of carbonyl (C=O) groups excluding carboxylic acids is 2. The number of quaternary nitrogens is 1. The Labute approximate surface area is 534 Å². The van der Waals surface area contributed by atoms with E-state index >= 15 is 0 Å². The van der Waals surface area contributed by atoms with Gasteiger partial charge in [0.05, 0.1) is 33.8 Å². The van der Waals surface area contributed by atoms with E-state index in [4.69, 9.17) is 13.8 Å². The first-order chi connectivity index (χ1) is 41.9. The van der Waals surface area contributed by atoms with Gasteiger partial charge in [0.25, 0.3) is 7.82 Å². The Morgan fingerprint density at radius 2 is 0.709 bits per heavy atom. The van der Waals surface area contributed by atoms with Crippen LogP contribution >= 0.6 is 7.82 Å². The molecule has 504 valence electrons. The maximum Gasteiger partial charge on any atom is 0.306 e. The highest BCUT2D eigenvalue weighted by Gasteiger charge is 2.27. The van der Waals surface area contributed by atoms with Crippen LogP contribution in [0.2, 0.25) is 0 Å². The molecule has 0 saturated heterocycles. The molecule has 0 aromatic carbocycles. The Morgan fingerprint density at radius 1 is 0.407 bits per heavy atom. The van der Waals surface area contributed by atoms with Crippen LogP contribution in [0.3, 0.4) is 0 Å². The number of nitrogens with one attached hydrogen (secondary N) is 1. The lowest BCUT2D eigenvalue weighted by atomic mass is 10.0. The summed E-state index contributed by atoms with van der Waals surface area (Å²) in [5.41, 5.74) is 0. The van der Waals surface area contributed by atoms with Crippen molar-refractivity contribution in [3.05, 3.63) is 60.8 Å². The van der Waals surface area contributed by atoms with Crippen molar-refractivity contribution in [3.8, 4) is 0 Å². The number of allylic oxidation sites excluding steroid dienone is 9. The molecule has 3 unspecified atom stereocenters. The summed E-state index contributed by atoms with van der Waals surface area (Å²) in [7, 11) is 1.19. The minimum Gasteiger partial charge on any atom is -0.756 e. The first-order valence-electron chi connectivity index (χ1n) is 37.1. The zero-order valence-corrected chi connectivity index (χ0v) is 58.7. The molecular formula is C76H143N2O7P. The molecule has 0 radical (unpaired) electrons. The number of hydrogen-bond acceptors (Lipinski definition) is 7. The summed E-state index contributed by atoms with van der Waals surface area (Å²) in [6, 6.07) is -0.891. The van der Waals surface area contributed by atoms with Crippen LogP contribution < -0.4 is 10.2 Å². The van der Waals surface area contributed by atoms with Gasteiger partial charge in [-0.3, -0.25) is 14.2 Å². The molecular weight excluding hydrogens is 1080 g/mol. The van der Waals surface area contributed by atoms with Crippen molar-refractivity contribution in [1.29, 1.82) is 0 Å². The van der Waals surface area contributed by atoms with Gasteiger partial charge in [-0.15, -0.1) is 0 Å². The lowest BCUT2D eigenvalue weighted by Gasteiger charge is -2.30.